The van der Waals surface area contributed by atoms with E-state index in [9.17, 15) is 4.79 Å². The van der Waals surface area contributed by atoms with E-state index in [-0.39, 0.29) is 5.91 Å². The molecular weight excluding hydrogens is 302 g/mol. The fraction of sp³-hybridized carbons (Fsp3) is 0.263. The van der Waals surface area contributed by atoms with Crippen molar-refractivity contribution in [3.05, 3.63) is 59.8 Å². The van der Waals surface area contributed by atoms with Crippen molar-refractivity contribution in [2.75, 3.05) is 7.11 Å². The van der Waals surface area contributed by atoms with Crippen LogP contribution in [0.4, 0.5) is 0 Å². The SMILES string of the molecule is COc1cccc(CNC(=O)CCn2ncc3c(C)cccc32)c1. The Morgan fingerprint density at radius 3 is 2.92 bits per heavy atom. The van der Waals surface area contributed by atoms with E-state index >= 15 is 0 Å². The number of nitrogens with one attached hydrogen (secondary N) is 1. The Labute approximate surface area is 141 Å². The van der Waals surface area contributed by atoms with Crippen LogP contribution in [0.25, 0.3) is 10.9 Å². The first-order valence-corrected chi connectivity index (χ1v) is 7.98. The molecule has 1 aromatic heterocycles. The molecule has 1 heterocycles. The highest BCUT2D eigenvalue weighted by Gasteiger charge is 2.07. The summed E-state index contributed by atoms with van der Waals surface area (Å²) in [7, 11) is 1.63. The molecule has 0 aliphatic carbocycles. The van der Waals surface area contributed by atoms with Gasteiger partial charge in [-0.1, -0.05) is 24.3 Å². The van der Waals surface area contributed by atoms with Crippen LogP contribution >= 0.6 is 0 Å². The molecule has 0 saturated heterocycles. The zero-order chi connectivity index (χ0) is 16.9. The minimum absolute atomic E-state index is 0.00845. The van der Waals surface area contributed by atoms with Gasteiger partial charge in [-0.25, -0.2) is 0 Å². The molecule has 5 heteroatoms. The molecule has 0 atom stereocenters. The number of amides is 1. The van der Waals surface area contributed by atoms with Crippen LogP contribution in [0.2, 0.25) is 0 Å². The normalized spacial score (nSPS) is 10.8. The summed E-state index contributed by atoms with van der Waals surface area (Å²) >= 11 is 0. The van der Waals surface area contributed by atoms with E-state index in [1.165, 1.54) is 5.56 Å². The Morgan fingerprint density at radius 2 is 2.08 bits per heavy atom. The van der Waals surface area contributed by atoms with Gasteiger partial charge in [0.1, 0.15) is 5.75 Å². The molecule has 1 N–H and O–H groups in total. The second kappa shape index (κ2) is 7.17. The Kier molecular flexibility index (Phi) is 4.79. The topological polar surface area (TPSA) is 56.1 Å². The molecule has 0 spiro atoms. The van der Waals surface area contributed by atoms with Gasteiger partial charge >= 0.3 is 0 Å². The summed E-state index contributed by atoms with van der Waals surface area (Å²) in [6, 6.07) is 13.8. The van der Waals surface area contributed by atoms with Crippen LogP contribution in [0.3, 0.4) is 0 Å². The molecule has 0 saturated carbocycles. The quantitative estimate of drug-likeness (QED) is 0.758. The third kappa shape index (κ3) is 3.56. The number of rotatable bonds is 6. The average molecular weight is 323 g/mol. The first kappa shape index (κ1) is 16.1. The predicted octanol–water partition coefficient (Wildman–Crippen LogP) is 3.06. The lowest BCUT2D eigenvalue weighted by Gasteiger charge is -2.08. The molecule has 124 valence electrons. The third-order valence-corrected chi connectivity index (χ3v) is 4.08. The van der Waals surface area contributed by atoms with E-state index < -0.39 is 0 Å². The summed E-state index contributed by atoms with van der Waals surface area (Å²) < 4.78 is 7.07. The maximum Gasteiger partial charge on any atom is 0.222 e. The van der Waals surface area contributed by atoms with Crippen LogP contribution in [0, 0.1) is 6.92 Å². The second-order valence-corrected chi connectivity index (χ2v) is 5.75. The molecule has 3 aromatic rings. The summed E-state index contributed by atoms with van der Waals surface area (Å²) in [4.78, 5) is 12.1. The number of methoxy groups -OCH3 is 1. The van der Waals surface area contributed by atoms with Gasteiger partial charge in [-0.05, 0) is 36.2 Å². The summed E-state index contributed by atoms with van der Waals surface area (Å²) in [6.45, 7) is 3.13. The Balaban J connectivity index is 1.56. The van der Waals surface area contributed by atoms with Gasteiger partial charge < -0.3 is 10.1 Å². The number of aryl methyl sites for hydroxylation is 2. The van der Waals surface area contributed by atoms with Crippen molar-refractivity contribution >= 4 is 16.8 Å². The molecule has 0 fully saturated rings. The van der Waals surface area contributed by atoms with Gasteiger partial charge in [0.25, 0.3) is 0 Å². The monoisotopic (exact) mass is 323 g/mol. The van der Waals surface area contributed by atoms with Crippen LogP contribution in [0.15, 0.2) is 48.7 Å². The summed E-state index contributed by atoms with van der Waals surface area (Å²) in [5.41, 5.74) is 3.28. The maximum atomic E-state index is 12.1. The molecule has 2 aromatic carbocycles. The van der Waals surface area contributed by atoms with Gasteiger partial charge in [0, 0.05) is 18.4 Å². The van der Waals surface area contributed by atoms with Gasteiger partial charge in [0.05, 0.1) is 25.4 Å². The number of carbonyl (C=O) groups excluding carboxylic acids is 1. The lowest BCUT2D eigenvalue weighted by molar-refractivity contribution is -0.121. The molecule has 0 aliphatic rings. The van der Waals surface area contributed by atoms with E-state index in [0.717, 1.165) is 22.2 Å². The molecule has 5 nitrogen and oxygen atoms in total. The van der Waals surface area contributed by atoms with Crippen molar-refractivity contribution in [3.63, 3.8) is 0 Å². The fourth-order valence-electron chi connectivity index (χ4n) is 2.70. The van der Waals surface area contributed by atoms with Crippen LogP contribution in [-0.2, 0) is 17.9 Å². The summed E-state index contributed by atoms with van der Waals surface area (Å²) in [5, 5.41) is 8.46. The lowest BCUT2D eigenvalue weighted by atomic mass is 10.1. The molecular formula is C19H21N3O2. The number of fused-ring (bicyclic) bond motifs is 1. The highest BCUT2D eigenvalue weighted by Crippen LogP contribution is 2.17. The maximum absolute atomic E-state index is 12.1. The average Bonchev–Trinajstić information content (AvgIpc) is 3.03. The van der Waals surface area contributed by atoms with Crippen molar-refractivity contribution in [3.8, 4) is 5.75 Å². The van der Waals surface area contributed by atoms with Crippen molar-refractivity contribution in [1.82, 2.24) is 15.1 Å². The van der Waals surface area contributed by atoms with Crippen LogP contribution in [0.1, 0.15) is 17.5 Å². The highest BCUT2D eigenvalue weighted by molar-refractivity contribution is 5.82. The molecule has 24 heavy (non-hydrogen) atoms. The number of nitrogens with zero attached hydrogens (tertiary/aromatic N) is 2. The fourth-order valence-corrected chi connectivity index (χ4v) is 2.70. The molecule has 3 rings (SSSR count). The van der Waals surface area contributed by atoms with Crippen molar-refractivity contribution in [2.45, 2.75) is 26.4 Å². The number of aromatic nitrogens is 2. The van der Waals surface area contributed by atoms with E-state index in [4.69, 9.17) is 4.74 Å². The van der Waals surface area contributed by atoms with Gasteiger partial charge in [0.2, 0.25) is 5.91 Å². The smallest absolute Gasteiger partial charge is 0.222 e. The number of hydrogen-bond donors (Lipinski definition) is 1. The molecule has 0 radical (unpaired) electrons. The Morgan fingerprint density at radius 1 is 1.25 bits per heavy atom. The summed E-state index contributed by atoms with van der Waals surface area (Å²) in [6.07, 6.45) is 2.26. The first-order valence-electron chi connectivity index (χ1n) is 7.98. The lowest BCUT2D eigenvalue weighted by Crippen LogP contribution is -2.24. The van der Waals surface area contributed by atoms with Gasteiger partial charge in [-0.3, -0.25) is 9.48 Å². The zero-order valence-corrected chi connectivity index (χ0v) is 14.0. The molecule has 0 bridgehead atoms. The third-order valence-electron chi connectivity index (χ3n) is 4.08. The van der Waals surface area contributed by atoms with E-state index in [1.807, 2.05) is 47.3 Å². The first-order chi connectivity index (χ1) is 11.7. The van der Waals surface area contributed by atoms with Gasteiger partial charge in [-0.15, -0.1) is 0 Å². The van der Waals surface area contributed by atoms with Gasteiger partial charge in [0.15, 0.2) is 0 Å². The standard InChI is InChI=1S/C19H21N3O2/c1-14-5-3-8-18-17(14)13-21-22(18)10-9-19(23)20-12-15-6-4-7-16(11-15)24-2/h3-8,11,13H,9-10,12H2,1-2H3,(H,20,23). The minimum Gasteiger partial charge on any atom is -0.497 e. The van der Waals surface area contributed by atoms with Crippen LogP contribution < -0.4 is 10.1 Å². The largest absolute Gasteiger partial charge is 0.497 e. The van der Waals surface area contributed by atoms with Gasteiger partial charge in [-0.2, -0.15) is 5.10 Å². The number of carbonyl (C=O) groups is 1. The van der Waals surface area contributed by atoms with Crippen molar-refractivity contribution in [1.29, 1.82) is 0 Å². The van der Waals surface area contributed by atoms with Crippen molar-refractivity contribution < 1.29 is 9.53 Å². The van der Waals surface area contributed by atoms with Crippen LogP contribution in [0.5, 0.6) is 5.75 Å². The minimum atomic E-state index is 0.00845. The van der Waals surface area contributed by atoms with E-state index in [2.05, 4.69) is 23.4 Å². The van der Waals surface area contributed by atoms with Crippen LogP contribution in [-0.4, -0.2) is 22.8 Å². The molecule has 0 aliphatic heterocycles. The van der Waals surface area contributed by atoms with Crippen molar-refractivity contribution in [2.24, 2.45) is 0 Å². The molecule has 0 unspecified atom stereocenters. The Bertz CT molecular complexity index is 855. The highest BCUT2D eigenvalue weighted by atomic mass is 16.5. The predicted molar refractivity (Wildman–Crippen MR) is 93.9 cm³/mol. The second-order valence-electron chi connectivity index (χ2n) is 5.75. The number of benzene rings is 2. The zero-order valence-electron chi connectivity index (χ0n) is 14.0. The van der Waals surface area contributed by atoms with E-state index in [1.54, 1.807) is 7.11 Å². The number of ether oxygens (including phenoxy) is 1. The van der Waals surface area contributed by atoms with E-state index in [0.29, 0.717) is 19.5 Å². The summed E-state index contributed by atoms with van der Waals surface area (Å²) in [5.74, 6) is 0.800. The molecule has 1 amide bonds. The number of hydrogen-bond acceptors (Lipinski definition) is 3. The Hall–Kier alpha value is -2.82.